The maximum absolute atomic E-state index is 13.6. The Kier molecular flexibility index (Phi) is 7.73. The lowest BCUT2D eigenvalue weighted by Crippen LogP contribution is -2.28. The molecule has 10 heteroatoms. The van der Waals surface area contributed by atoms with Gasteiger partial charge in [0.15, 0.2) is 28.4 Å². The molecule has 6 nitrogen and oxygen atoms in total. The number of carbonyl (C=O) groups is 1. The van der Waals surface area contributed by atoms with Crippen molar-refractivity contribution in [3.8, 4) is 17.1 Å². The van der Waals surface area contributed by atoms with Crippen molar-refractivity contribution in [1.82, 2.24) is 19.7 Å². The zero-order valence-corrected chi connectivity index (χ0v) is 22.1. The van der Waals surface area contributed by atoms with E-state index >= 15 is 0 Å². The molecular weight excluding hydrogens is 506 g/mol. The molecule has 0 N–H and O–H groups in total. The molecule has 0 bridgehead atoms. The molecule has 0 spiro atoms. The first-order valence-corrected chi connectivity index (χ1v) is 12.7. The van der Waals surface area contributed by atoms with E-state index in [0.29, 0.717) is 28.6 Å². The van der Waals surface area contributed by atoms with Gasteiger partial charge in [-0.25, -0.2) is 8.78 Å². The second-order valence-corrected chi connectivity index (χ2v) is 10.5. The van der Waals surface area contributed by atoms with E-state index in [-0.39, 0.29) is 23.6 Å². The fourth-order valence-electron chi connectivity index (χ4n) is 5.28. The van der Waals surface area contributed by atoms with E-state index in [1.165, 1.54) is 18.1 Å². The first kappa shape index (κ1) is 26.6. The summed E-state index contributed by atoms with van der Waals surface area (Å²) in [6.07, 6.45) is 2.18. The van der Waals surface area contributed by atoms with E-state index in [2.05, 4.69) is 21.2 Å². The van der Waals surface area contributed by atoms with Crippen LogP contribution in [0.4, 0.5) is 8.78 Å². The Bertz CT molecular complexity index is 1290. The second kappa shape index (κ2) is 10.5. The summed E-state index contributed by atoms with van der Waals surface area (Å²) in [7, 11) is 3.43. The number of ether oxygens (including phenoxy) is 1. The Hall–Kier alpha value is -2.49. The molecule has 2 fully saturated rings. The Balaban J connectivity index is 0.00000304. The maximum atomic E-state index is 13.6. The van der Waals surface area contributed by atoms with Gasteiger partial charge in [-0.15, -0.1) is 22.6 Å². The first-order valence-electron chi connectivity index (χ1n) is 11.7. The highest BCUT2D eigenvalue weighted by Crippen LogP contribution is 2.59. The van der Waals surface area contributed by atoms with E-state index in [9.17, 15) is 13.6 Å². The summed E-state index contributed by atoms with van der Waals surface area (Å²) in [5.41, 5.74) is 2.56. The van der Waals surface area contributed by atoms with E-state index in [0.717, 1.165) is 49.1 Å². The third-order valence-electron chi connectivity index (χ3n) is 7.23. The van der Waals surface area contributed by atoms with Crippen molar-refractivity contribution in [3.63, 3.8) is 0 Å². The number of fused-ring (bicyclic) bond motifs is 1. The lowest BCUT2D eigenvalue weighted by molar-refractivity contribution is 0.101. The van der Waals surface area contributed by atoms with E-state index in [1.807, 2.05) is 23.7 Å². The number of aromatic nitrogens is 3. The molecule has 1 aromatic heterocycles. The smallest absolute Gasteiger partial charge is 0.191 e. The second-order valence-electron chi connectivity index (χ2n) is 9.46. The minimum atomic E-state index is -0.895. The lowest BCUT2D eigenvalue weighted by Gasteiger charge is -2.21. The van der Waals surface area contributed by atoms with Crippen LogP contribution < -0.4 is 4.74 Å². The minimum absolute atomic E-state index is 0. The van der Waals surface area contributed by atoms with Crippen LogP contribution >= 0.6 is 24.2 Å². The Labute approximate surface area is 219 Å². The van der Waals surface area contributed by atoms with Crippen molar-refractivity contribution in [2.75, 3.05) is 32.5 Å². The molecule has 2 atom stereocenters. The summed E-state index contributed by atoms with van der Waals surface area (Å²) in [5.74, 6) is 0.929. The normalized spacial score (nSPS) is 20.6. The minimum Gasteiger partial charge on any atom is -0.496 e. The Morgan fingerprint density at radius 3 is 2.72 bits per heavy atom. The van der Waals surface area contributed by atoms with E-state index in [1.54, 1.807) is 25.8 Å². The number of likely N-dealkylation sites (tertiary alicyclic amines) is 1. The van der Waals surface area contributed by atoms with Crippen LogP contribution in [-0.2, 0) is 12.5 Å². The summed E-state index contributed by atoms with van der Waals surface area (Å²) in [6, 6.07) is 9.82. The Morgan fingerprint density at radius 1 is 1.19 bits per heavy atom. The summed E-state index contributed by atoms with van der Waals surface area (Å²) >= 11 is 1.61. The molecule has 36 heavy (non-hydrogen) atoms. The highest BCUT2D eigenvalue weighted by molar-refractivity contribution is 7.99. The maximum Gasteiger partial charge on any atom is 0.191 e. The number of thioether (sulfide) groups is 1. The molecule has 2 aliphatic rings. The third kappa shape index (κ3) is 4.88. The number of hydrogen-bond donors (Lipinski definition) is 0. The quantitative estimate of drug-likeness (QED) is 0.215. The van der Waals surface area contributed by atoms with Crippen molar-refractivity contribution in [2.45, 2.75) is 30.3 Å². The zero-order chi connectivity index (χ0) is 24.7. The molecule has 1 aliphatic heterocycles. The standard InChI is InChI=1S/C26H28F2N4O2S.ClH/c1-16(33)20-12-18(6-8-23(20)34-3)26-13-19(26)14-32(15-26)9-4-10-35-25-30-29-24(31(25)2)17-5-7-21(27)22(28)11-17;/h5-8,11-12,19H,4,9-10,13-15H2,1-3H3;1H/t19-,26-;/m0./s1. The van der Waals surface area contributed by atoms with Crippen LogP contribution in [0.5, 0.6) is 5.75 Å². The van der Waals surface area contributed by atoms with Gasteiger partial charge in [0.25, 0.3) is 0 Å². The molecule has 0 amide bonds. The molecule has 192 valence electrons. The summed E-state index contributed by atoms with van der Waals surface area (Å²) in [5, 5.41) is 9.14. The molecule has 3 aromatic rings. The van der Waals surface area contributed by atoms with Gasteiger partial charge in [0.2, 0.25) is 0 Å². The SMILES string of the molecule is COc1ccc([C@@]23C[C@H]2CN(CCCSc2nnc(-c4ccc(F)c(F)c4)n2C)C3)cc1C(C)=O.Cl. The van der Waals surface area contributed by atoms with Gasteiger partial charge in [-0.05, 0) is 68.1 Å². The average Bonchev–Trinajstić information content (AvgIpc) is 3.22. The molecule has 1 aliphatic carbocycles. The van der Waals surface area contributed by atoms with Crippen molar-refractivity contribution < 1.29 is 18.3 Å². The zero-order valence-electron chi connectivity index (χ0n) is 20.5. The Morgan fingerprint density at radius 2 is 2.00 bits per heavy atom. The van der Waals surface area contributed by atoms with Gasteiger partial charge in [-0.3, -0.25) is 4.79 Å². The van der Waals surface area contributed by atoms with E-state index in [4.69, 9.17) is 4.74 Å². The third-order valence-corrected chi connectivity index (χ3v) is 8.34. The van der Waals surface area contributed by atoms with Crippen LogP contribution in [0.15, 0.2) is 41.6 Å². The van der Waals surface area contributed by atoms with Crippen molar-refractivity contribution in [3.05, 3.63) is 59.2 Å². The van der Waals surface area contributed by atoms with Gasteiger partial charge in [-0.2, -0.15) is 0 Å². The topological polar surface area (TPSA) is 60.2 Å². The number of Topliss-reactive ketones (excluding diaryl/α,β-unsaturated/α-hetero) is 1. The lowest BCUT2D eigenvalue weighted by atomic mass is 9.92. The van der Waals surface area contributed by atoms with Crippen LogP contribution in [0.2, 0.25) is 0 Å². The van der Waals surface area contributed by atoms with Crippen LogP contribution in [0, 0.1) is 17.6 Å². The van der Waals surface area contributed by atoms with Crippen LogP contribution in [0.1, 0.15) is 35.7 Å². The van der Waals surface area contributed by atoms with Crippen molar-refractivity contribution in [2.24, 2.45) is 13.0 Å². The molecule has 0 unspecified atom stereocenters. The highest BCUT2D eigenvalue weighted by Gasteiger charge is 2.60. The molecule has 1 saturated carbocycles. The summed E-state index contributed by atoms with van der Waals surface area (Å²) in [6.45, 7) is 4.67. The monoisotopic (exact) mass is 534 g/mol. The molecular formula is C26H29ClF2N4O2S. The number of benzene rings is 2. The number of ketones is 1. The van der Waals surface area contributed by atoms with Gasteiger partial charge in [-0.1, -0.05) is 17.8 Å². The fraction of sp³-hybridized carbons (Fsp3) is 0.423. The van der Waals surface area contributed by atoms with Gasteiger partial charge in [0.1, 0.15) is 5.75 Å². The van der Waals surface area contributed by atoms with Crippen molar-refractivity contribution in [1.29, 1.82) is 0 Å². The van der Waals surface area contributed by atoms with Crippen LogP contribution in [0.25, 0.3) is 11.4 Å². The first-order chi connectivity index (χ1) is 16.8. The summed E-state index contributed by atoms with van der Waals surface area (Å²) < 4.78 is 34.0. The van der Waals surface area contributed by atoms with Crippen LogP contribution in [0.3, 0.4) is 0 Å². The number of rotatable bonds is 9. The number of carbonyl (C=O) groups excluding carboxylic acids is 1. The largest absolute Gasteiger partial charge is 0.496 e. The predicted molar refractivity (Wildman–Crippen MR) is 138 cm³/mol. The molecule has 2 heterocycles. The van der Waals surface area contributed by atoms with E-state index < -0.39 is 11.6 Å². The molecule has 5 rings (SSSR count). The molecule has 2 aromatic carbocycles. The van der Waals surface area contributed by atoms with Gasteiger partial charge < -0.3 is 14.2 Å². The van der Waals surface area contributed by atoms with Crippen LogP contribution in [-0.4, -0.2) is 57.9 Å². The number of nitrogens with zero attached hydrogens (tertiary/aromatic N) is 4. The van der Waals surface area contributed by atoms with Gasteiger partial charge in [0.05, 0.1) is 12.7 Å². The average molecular weight is 535 g/mol. The number of piperidine rings is 1. The summed E-state index contributed by atoms with van der Waals surface area (Å²) in [4.78, 5) is 14.6. The van der Waals surface area contributed by atoms with Gasteiger partial charge >= 0.3 is 0 Å². The fourth-order valence-corrected chi connectivity index (χ4v) is 6.11. The predicted octanol–water partition coefficient (Wildman–Crippen LogP) is 5.15. The van der Waals surface area contributed by atoms with Gasteiger partial charge in [0, 0.05) is 36.9 Å². The molecule has 1 saturated heterocycles. The number of methoxy groups -OCH3 is 1. The number of hydrogen-bond acceptors (Lipinski definition) is 6. The number of halogens is 3. The highest BCUT2D eigenvalue weighted by atomic mass is 35.5. The van der Waals surface area contributed by atoms with Crippen molar-refractivity contribution >= 4 is 30.0 Å². The molecule has 0 radical (unpaired) electrons.